The molecule has 1 aliphatic rings. The third-order valence-corrected chi connectivity index (χ3v) is 5.25. The maximum atomic E-state index is 13.2. The maximum absolute atomic E-state index is 13.2. The second kappa shape index (κ2) is 8.87. The lowest BCUT2D eigenvalue weighted by Crippen LogP contribution is -2.45. The van der Waals surface area contributed by atoms with E-state index in [2.05, 4.69) is 0 Å². The molecule has 3 amide bonds. The van der Waals surface area contributed by atoms with Crippen molar-refractivity contribution in [1.82, 2.24) is 4.90 Å². The van der Waals surface area contributed by atoms with E-state index < -0.39 is 11.9 Å². The summed E-state index contributed by atoms with van der Waals surface area (Å²) >= 11 is 0. The summed E-state index contributed by atoms with van der Waals surface area (Å²) in [5, 5.41) is 0. The summed E-state index contributed by atoms with van der Waals surface area (Å²) in [7, 11) is 1.54. The van der Waals surface area contributed by atoms with Crippen molar-refractivity contribution in [1.29, 1.82) is 0 Å². The molecule has 1 aliphatic heterocycles. The Labute approximate surface area is 179 Å². The van der Waals surface area contributed by atoms with E-state index in [0.29, 0.717) is 17.2 Å². The molecule has 1 unspecified atom stereocenters. The van der Waals surface area contributed by atoms with Crippen LogP contribution >= 0.6 is 0 Å². The molecule has 2 aromatic carbocycles. The lowest BCUT2D eigenvalue weighted by molar-refractivity contribution is -0.138. The third-order valence-electron chi connectivity index (χ3n) is 5.25. The van der Waals surface area contributed by atoms with E-state index in [4.69, 9.17) is 9.15 Å². The second-order valence-corrected chi connectivity index (χ2v) is 7.25. The Balaban J connectivity index is 1.60. The summed E-state index contributed by atoms with van der Waals surface area (Å²) in [5.41, 5.74) is 1.28. The summed E-state index contributed by atoms with van der Waals surface area (Å²) in [6, 6.07) is 18.5. The number of hydrogen-bond acceptors (Lipinski definition) is 5. The summed E-state index contributed by atoms with van der Waals surface area (Å²) < 4.78 is 10.5. The highest BCUT2D eigenvalue weighted by Crippen LogP contribution is 2.28. The van der Waals surface area contributed by atoms with Gasteiger partial charge in [0.2, 0.25) is 11.8 Å². The molecule has 0 spiro atoms. The molecule has 3 aromatic rings. The van der Waals surface area contributed by atoms with Crippen molar-refractivity contribution in [3.63, 3.8) is 0 Å². The normalized spacial score (nSPS) is 15.9. The van der Waals surface area contributed by atoms with Gasteiger partial charge in [-0.05, 0) is 42.0 Å². The molecule has 7 nitrogen and oxygen atoms in total. The van der Waals surface area contributed by atoms with E-state index in [9.17, 15) is 14.4 Å². The van der Waals surface area contributed by atoms with E-state index in [1.165, 1.54) is 11.2 Å². The largest absolute Gasteiger partial charge is 0.497 e. The van der Waals surface area contributed by atoms with E-state index in [1.807, 2.05) is 30.3 Å². The molecule has 1 aromatic heterocycles. The van der Waals surface area contributed by atoms with Gasteiger partial charge in [0.05, 0.1) is 38.4 Å². The van der Waals surface area contributed by atoms with Crippen LogP contribution in [0, 0.1) is 0 Å². The van der Waals surface area contributed by atoms with Gasteiger partial charge in [0.15, 0.2) is 0 Å². The molecule has 0 bridgehead atoms. The van der Waals surface area contributed by atoms with Crippen molar-refractivity contribution in [2.24, 2.45) is 0 Å². The molecule has 0 radical (unpaired) electrons. The Bertz CT molecular complexity index is 1060. The summed E-state index contributed by atoms with van der Waals surface area (Å²) in [6.45, 7) is 0.110. The van der Waals surface area contributed by atoms with Gasteiger partial charge in [-0.2, -0.15) is 0 Å². The van der Waals surface area contributed by atoms with E-state index in [0.717, 1.165) is 10.5 Å². The number of amides is 3. The van der Waals surface area contributed by atoms with Crippen molar-refractivity contribution >= 4 is 23.4 Å². The number of anilines is 1. The predicted molar refractivity (Wildman–Crippen MR) is 113 cm³/mol. The lowest BCUT2D eigenvalue weighted by atomic mass is 10.1. The van der Waals surface area contributed by atoms with Gasteiger partial charge in [0.25, 0.3) is 5.91 Å². The SMILES string of the molecule is COc1ccc(N2C(=O)CC(N(Cc3ccco3)C(=O)Cc3ccccc3)C2=O)cc1. The van der Waals surface area contributed by atoms with Crippen molar-refractivity contribution in [2.45, 2.75) is 25.4 Å². The molecule has 1 saturated heterocycles. The first-order valence-corrected chi connectivity index (χ1v) is 9.93. The number of rotatable bonds is 7. The number of carbonyl (C=O) groups is 3. The first kappa shape index (κ1) is 20.4. The predicted octanol–water partition coefficient (Wildman–Crippen LogP) is 3.19. The zero-order chi connectivity index (χ0) is 21.8. The van der Waals surface area contributed by atoms with Crippen LogP contribution in [0.3, 0.4) is 0 Å². The average Bonchev–Trinajstić information content (AvgIpc) is 3.40. The zero-order valence-electron chi connectivity index (χ0n) is 17.1. The van der Waals surface area contributed by atoms with Gasteiger partial charge in [-0.25, -0.2) is 4.90 Å². The molecule has 1 atom stereocenters. The Hall–Kier alpha value is -3.87. The number of methoxy groups -OCH3 is 1. The molecule has 0 aliphatic carbocycles. The molecular formula is C24H22N2O5. The quantitative estimate of drug-likeness (QED) is 0.551. The van der Waals surface area contributed by atoms with Crippen molar-refractivity contribution < 1.29 is 23.5 Å². The van der Waals surface area contributed by atoms with Crippen molar-refractivity contribution in [3.05, 3.63) is 84.3 Å². The minimum atomic E-state index is -0.893. The highest BCUT2D eigenvalue weighted by Gasteiger charge is 2.44. The number of ether oxygens (including phenoxy) is 1. The minimum Gasteiger partial charge on any atom is -0.497 e. The Morgan fingerprint density at radius 3 is 2.45 bits per heavy atom. The van der Waals surface area contributed by atoms with Crippen molar-refractivity contribution in [3.8, 4) is 5.75 Å². The Morgan fingerprint density at radius 1 is 1.06 bits per heavy atom. The molecule has 4 rings (SSSR count). The minimum absolute atomic E-state index is 0.0773. The van der Waals surface area contributed by atoms with Crippen LogP contribution in [0.5, 0.6) is 5.75 Å². The number of carbonyl (C=O) groups excluding carboxylic acids is 3. The van der Waals surface area contributed by atoms with Gasteiger partial charge in [0, 0.05) is 0 Å². The van der Waals surface area contributed by atoms with Gasteiger partial charge in [-0.15, -0.1) is 0 Å². The molecule has 0 saturated carbocycles. The standard InChI is InChI=1S/C24H22N2O5/c1-30-19-11-9-18(10-12-19)26-23(28)15-21(24(26)29)25(16-20-8-5-13-31-20)22(27)14-17-6-3-2-4-7-17/h2-13,21H,14-16H2,1H3. The number of hydrogen-bond donors (Lipinski definition) is 0. The van der Waals surface area contributed by atoms with Crippen LogP contribution in [0.15, 0.2) is 77.4 Å². The van der Waals surface area contributed by atoms with E-state index >= 15 is 0 Å². The molecule has 2 heterocycles. The Morgan fingerprint density at radius 2 is 1.81 bits per heavy atom. The highest BCUT2D eigenvalue weighted by molar-refractivity contribution is 6.23. The maximum Gasteiger partial charge on any atom is 0.257 e. The first-order chi connectivity index (χ1) is 15.1. The van der Waals surface area contributed by atoms with Crippen LogP contribution in [0.4, 0.5) is 5.69 Å². The molecule has 0 N–H and O–H groups in total. The van der Waals surface area contributed by atoms with E-state index in [-0.39, 0.29) is 31.2 Å². The van der Waals surface area contributed by atoms with Crippen LogP contribution in [-0.2, 0) is 27.3 Å². The number of imide groups is 1. The first-order valence-electron chi connectivity index (χ1n) is 9.93. The van der Waals surface area contributed by atoms with Gasteiger partial charge < -0.3 is 14.1 Å². The average molecular weight is 418 g/mol. The van der Waals surface area contributed by atoms with Crippen LogP contribution in [0.25, 0.3) is 0 Å². The van der Waals surface area contributed by atoms with Crippen molar-refractivity contribution in [2.75, 3.05) is 12.0 Å². The number of nitrogens with zero attached hydrogens (tertiary/aromatic N) is 2. The van der Waals surface area contributed by atoms with Crippen LogP contribution < -0.4 is 9.64 Å². The Kier molecular flexibility index (Phi) is 5.84. The van der Waals surface area contributed by atoms with Crippen LogP contribution in [-0.4, -0.2) is 35.8 Å². The number of benzene rings is 2. The van der Waals surface area contributed by atoms with Crippen LogP contribution in [0.2, 0.25) is 0 Å². The summed E-state index contributed by atoms with van der Waals surface area (Å²) in [6.07, 6.45) is 1.56. The summed E-state index contributed by atoms with van der Waals surface area (Å²) in [5.74, 6) is 0.145. The molecule has 158 valence electrons. The number of furan rings is 1. The second-order valence-electron chi connectivity index (χ2n) is 7.25. The molecule has 1 fully saturated rings. The topological polar surface area (TPSA) is 80.1 Å². The fraction of sp³-hybridized carbons (Fsp3) is 0.208. The monoisotopic (exact) mass is 418 g/mol. The van der Waals surface area contributed by atoms with Gasteiger partial charge >= 0.3 is 0 Å². The molecule has 31 heavy (non-hydrogen) atoms. The van der Waals surface area contributed by atoms with Crippen LogP contribution in [0.1, 0.15) is 17.7 Å². The summed E-state index contributed by atoms with van der Waals surface area (Å²) in [4.78, 5) is 41.8. The van der Waals surface area contributed by atoms with E-state index in [1.54, 1.807) is 43.5 Å². The highest BCUT2D eigenvalue weighted by atomic mass is 16.5. The van der Waals surface area contributed by atoms with Gasteiger partial charge in [-0.3, -0.25) is 14.4 Å². The lowest BCUT2D eigenvalue weighted by Gasteiger charge is -2.27. The molecule has 7 heteroatoms. The molecular weight excluding hydrogens is 396 g/mol. The zero-order valence-corrected chi connectivity index (χ0v) is 17.1. The smallest absolute Gasteiger partial charge is 0.257 e. The fourth-order valence-corrected chi connectivity index (χ4v) is 3.68. The van der Waals surface area contributed by atoms with Gasteiger partial charge in [0.1, 0.15) is 17.6 Å². The van der Waals surface area contributed by atoms with Gasteiger partial charge in [-0.1, -0.05) is 30.3 Å². The fourth-order valence-electron chi connectivity index (χ4n) is 3.68. The third kappa shape index (κ3) is 4.35.